The zero-order valence-electron chi connectivity index (χ0n) is 9.27. The average Bonchev–Trinajstić information content (AvgIpc) is 3.16. The first kappa shape index (κ1) is 10.6. The molecule has 2 nitrogen and oxygen atoms in total. The van der Waals surface area contributed by atoms with Gasteiger partial charge in [-0.1, -0.05) is 40.5 Å². The highest BCUT2D eigenvalue weighted by molar-refractivity contribution is 9.10. The van der Waals surface area contributed by atoms with Crippen LogP contribution in [0.5, 0.6) is 0 Å². The standard InChI is InChI=1S/C13H13BrO2S/c14-12-10-7-4-8-11(12)13(10,12)17(15,16)9-5-2-1-3-6-9/h1-3,5-6,10-11H,4,7-8H2/t10-,11+,12?,13?. The van der Waals surface area contributed by atoms with Gasteiger partial charge in [0, 0.05) is 0 Å². The molecule has 3 saturated carbocycles. The molecule has 0 N–H and O–H groups in total. The minimum absolute atomic E-state index is 0.0626. The summed E-state index contributed by atoms with van der Waals surface area (Å²) in [6.07, 6.45) is 3.32. The van der Waals surface area contributed by atoms with Gasteiger partial charge in [-0.25, -0.2) is 8.42 Å². The average molecular weight is 313 g/mol. The Morgan fingerprint density at radius 3 is 2.24 bits per heavy atom. The van der Waals surface area contributed by atoms with Crippen LogP contribution in [0.1, 0.15) is 19.3 Å². The molecule has 0 saturated heterocycles. The van der Waals surface area contributed by atoms with Crippen molar-refractivity contribution in [2.24, 2.45) is 11.8 Å². The van der Waals surface area contributed by atoms with Crippen LogP contribution >= 0.6 is 15.9 Å². The van der Waals surface area contributed by atoms with Gasteiger partial charge in [0.15, 0.2) is 9.84 Å². The molecule has 0 aliphatic heterocycles. The minimum atomic E-state index is -3.16. The lowest BCUT2D eigenvalue weighted by Crippen LogP contribution is -2.29. The lowest BCUT2D eigenvalue weighted by molar-refractivity contribution is 0.357. The summed E-state index contributed by atoms with van der Waals surface area (Å²) in [4.78, 5) is 0.496. The van der Waals surface area contributed by atoms with Gasteiger partial charge in [0.05, 0.1) is 9.22 Å². The van der Waals surface area contributed by atoms with Crippen LogP contribution in [0, 0.1) is 11.8 Å². The number of halogens is 1. The van der Waals surface area contributed by atoms with E-state index in [1.54, 1.807) is 24.3 Å². The molecule has 0 bridgehead atoms. The molecule has 0 heterocycles. The summed E-state index contributed by atoms with van der Waals surface area (Å²) < 4.78 is 25.0. The van der Waals surface area contributed by atoms with Gasteiger partial charge >= 0.3 is 0 Å². The molecule has 1 aromatic carbocycles. The van der Waals surface area contributed by atoms with Crippen molar-refractivity contribution in [1.82, 2.24) is 0 Å². The molecule has 2 unspecified atom stereocenters. The summed E-state index contributed by atoms with van der Waals surface area (Å²) in [5.41, 5.74) is 0. The predicted molar refractivity (Wildman–Crippen MR) is 68.8 cm³/mol. The molecule has 17 heavy (non-hydrogen) atoms. The Bertz CT molecular complexity index is 581. The van der Waals surface area contributed by atoms with Gasteiger partial charge in [-0.05, 0) is 36.8 Å². The van der Waals surface area contributed by atoms with Crippen LogP contribution in [-0.4, -0.2) is 17.5 Å². The van der Waals surface area contributed by atoms with E-state index in [1.165, 1.54) is 6.42 Å². The van der Waals surface area contributed by atoms with Crippen LogP contribution in [-0.2, 0) is 9.84 Å². The third kappa shape index (κ3) is 0.877. The lowest BCUT2D eigenvalue weighted by atomic mass is 9.88. The molecule has 3 fully saturated rings. The number of hydrogen-bond acceptors (Lipinski definition) is 2. The molecular weight excluding hydrogens is 300 g/mol. The third-order valence-electron chi connectivity index (χ3n) is 4.97. The molecular formula is C13H13BrO2S. The van der Waals surface area contributed by atoms with Crippen LogP contribution in [0.3, 0.4) is 0 Å². The number of fused-ring (bicyclic) bond motifs is 2. The summed E-state index contributed by atoms with van der Waals surface area (Å²) >= 11 is 3.71. The second-order valence-electron chi connectivity index (χ2n) is 5.41. The molecule has 0 radical (unpaired) electrons. The van der Waals surface area contributed by atoms with Gasteiger partial charge in [-0.3, -0.25) is 0 Å². The van der Waals surface area contributed by atoms with Gasteiger partial charge in [0.2, 0.25) is 0 Å². The monoisotopic (exact) mass is 312 g/mol. The number of benzene rings is 1. The van der Waals surface area contributed by atoms with Crippen LogP contribution < -0.4 is 0 Å². The Hall–Kier alpha value is -0.350. The van der Waals surface area contributed by atoms with E-state index in [0.717, 1.165) is 12.8 Å². The van der Waals surface area contributed by atoms with Crippen LogP contribution in [0.25, 0.3) is 0 Å². The normalized spacial score (nSPS) is 46.2. The number of sulfone groups is 1. The van der Waals surface area contributed by atoms with Crippen molar-refractivity contribution in [3.8, 4) is 0 Å². The van der Waals surface area contributed by atoms with Crippen molar-refractivity contribution in [2.45, 2.75) is 33.2 Å². The van der Waals surface area contributed by atoms with Crippen molar-refractivity contribution in [2.75, 3.05) is 0 Å². The fourth-order valence-corrected chi connectivity index (χ4v) is 9.49. The summed E-state index contributed by atoms with van der Waals surface area (Å²) in [5, 5.41) is 0. The molecule has 90 valence electrons. The fraction of sp³-hybridized carbons (Fsp3) is 0.538. The second kappa shape index (κ2) is 2.80. The highest BCUT2D eigenvalue weighted by atomic mass is 79.9. The SMILES string of the molecule is O=S(=O)(c1ccccc1)C12[C@@H]3CCC[C@H]1C32Br. The first-order valence-electron chi connectivity index (χ1n) is 6.06. The molecule has 3 aliphatic carbocycles. The smallest absolute Gasteiger partial charge is 0.186 e. The molecule has 0 amide bonds. The third-order valence-corrected chi connectivity index (χ3v) is 9.68. The molecule has 4 atom stereocenters. The molecule has 4 heteroatoms. The Kier molecular flexibility index (Phi) is 1.74. The Morgan fingerprint density at radius 1 is 1.12 bits per heavy atom. The zero-order chi connectivity index (χ0) is 11.9. The summed E-state index contributed by atoms with van der Waals surface area (Å²) in [6.45, 7) is 0. The van der Waals surface area contributed by atoms with Crippen LogP contribution in [0.4, 0.5) is 0 Å². The van der Waals surface area contributed by atoms with Crippen LogP contribution in [0.2, 0.25) is 0 Å². The van der Waals surface area contributed by atoms with Crippen molar-refractivity contribution >= 4 is 25.8 Å². The first-order valence-corrected chi connectivity index (χ1v) is 8.34. The largest absolute Gasteiger partial charge is 0.223 e. The first-order chi connectivity index (χ1) is 8.08. The maximum atomic E-state index is 12.7. The van der Waals surface area contributed by atoms with E-state index in [0.29, 0.717) is 16.7 Å². The number of alkyl halides is 1. The number of hydrogen-bond donors (Lipinski definition) is 0. The van der Waals surface area contributed by atoms with Gasteiger partial charge < -0.3 is 0 Å². The topological polar surface area (TPSA) is 34.1 Å². The van der Waals surface area contributed by atoms with E-state index in [-0.39, 0.29) is 4.32 Å². The van der Waals surface area contributed by atoms with Crippen molar-refractivity contribution in [3.05, 3.63) is 30.3 Å². The maximum Gasteiger partial charge on any atom is 0.186 e. The Balaban J connectivity index is 1.84. The van der Waals surface area contributed by atoms with E-state index in [9.17, 15) is 8.42 Å². The second-order valence-corrected chi connectivity index (χ2v) is 8.88. The molecule has 0 spiro atoms. The quantitative estimate of drug-likeness (QED) is 0.787. The van der Waals surface area contributed by atoms with Gasteiger partial charge in [-0.2, -0.15) is 0 Å². The van der Waals surface area contributed by atoms with E-state index < -0.39 is 14.6 Å². The summed E-state index contributed by atoms with van der Waals surface area (Å²) in [7, 11) is -3.16. The molecule has 0 aromatic heterocycles. The molecule has 1 aromatic rings. The Labute approximate surface area is 109 Å². The van der Waals surface area contributed by atoms with Gasteiger partial charge in [0.25, 0.3) is 0 Å². The zero-order valence-corrected chi connectivity index (χ0v) is 11.7. The minimum Gasteiger partial charge on any atom is -0.223 e. The number of rotatable bonds is 2. The van der Waals surface area contributed by atoms with E-state index in [2.05, 4.69) is 15.9 Å². The summed E-state index contributed by atoms with van der Waals surface area (Å²) in [6, 6.07) is 8.92. The lowest BCUT2D eigenvalue weighted by Gasteiger charge is -2.25. The Morgan fingerprint density at radius 2 is 1.71 bits per heavy atom. The molecule has 3 aliphatic rings. The van der Waals surface area contributed by atoms with Gasteiger partial charge in [-0.15, -0.1) is 0 Å². The van der Waals surface area contributed by atoms with E-state index >= 15 is 0 Å². The molecule has 4 rings (SSSR count). The van der Waals surface area contributed by atoms with E-state index in [1.807, 2.05) is 6.07 Å². The fourth-order valence-electron chi connectivity index (χ4n) is 4.21. The maximum absolute atomic E-state index is 12.7. The van der Waals surface area contributed by atoms with Crippen molar-refractivity contribution in [3.63, 3.8) is 0 Å². The predicted octanol–water partition coefficient (Wildman–Crippen LogP) is 2.78. The highest BCUT2D eigenvalue weighted by Crippen LogP contribution is 2.92. The van der Waals surface area contributed by atoms with E-state index in [4.69, 9.17) is 0 Å². The van der Waals surface area contributed by atoms with Crippen molar-refractivity contribution in [1.29, 1.82) is 0 Å². The van der Waals surface area contributed by atoms with Crippen LogP contribution in [0.15, 0.2) is 35.2 Å². The van der Waals surface area contributed by atoms with Crippen molar-refractivity contribution < 1.29 is 8.42 Å². The van der Waals surface area contributed by atoms with Gasteiger partial charge in [0.1, 0.15) is 4.75 Å². The summed E-state index contributed by atoms with van der Waals surface area (Å²) in [5.74, 6) is 0.720. The highest BCUT2D eigenvalue weighted by Gasteiger charge is 3.02.